The number of hydrogen-bond acceptors (Lipinski definition) is 5. The van der Waals surface area contributed by atoms with Crippen molar-refractivity contribution < 1.29 is 32.6 Å². The molecule has 1 aliphatic heterocycles. The van der Waals surface area contributed by atoms with Crippen LogP contribution in [-0.2, 0) is 22.4 Å². The number of aliphatic hydroxyl groups excluding tert-OH is 1. The molecule has 1 N–H and O–H groups in total. The molecule has 0 radical (unpaired) electrons. The van der Waals surface area contributed by atoms with E-state index in [4.69, 9.17) is 9.84 Å². The highest BCUT2D eigenvalue weighted by atomic mass is 19.4. The molecule has 0 saturated carbocycles. The van der Waals surface area contributed by atoms with Gasteiger partial charge in [0.25, 0.3) is 5.91 Å². The minimum Gasteiger partial charge on any atom is -0.484 e. The summed E-state index contributed by atoms with van der Waals surface area (Å²) in [5.41, 5.74) is -0.277. The van der Waals surface area contributed by atoms with Crippen molar-refractivity contribution in [1.82, 2.24) is 9.88 Å². The molecule has 1 atom stereocenters. The molecule has 0 aliphatic carbocycles. The monoisotopic (exact) mass is 451 g/mol. The number of hydrogen-bond donors (Lipinski definition) is 1. The maximum atomic E-state index is 13.5. The number of benzene rings is 1. The summed E-state index contributed by atoms with van der Waals surface area (Å²) in [4.78, 5) is 31.6. The highest BCUT2D eigenvalue weighted by molar-refractivity contribution is 5.94. The van der Waals surface area contributed by atoms with Crippen LogP contribution in [-0.4, -0.2) is 52.5 Å². The molecule has 1 fully saturated rings. The molecule has 32 heavy (non-hydrogen) atoms. The Labute approximate surface area is 183 Å². The van der Waals surface area contributed by atoms with Crippen molar-refractivity contribution >= 4 is 17.6 Å². The van der Waals surface area contributed by atoms with Gasteiger partial charge in [-0.1, -0.05) is 19.1 Å². The van der Waals surface area contributed by atoms with Gasteiger partial charge in [0.15, 0.2) is 6.61 Å². The van der Waals surface area contributed by atoms with Gasteiger partial charge < -0.3 is 14.7 Å². The van der Waals surface area contributed by atoms with E-state index < -0.39 is 29.5 Å². The summed E-state index contributed by atoms with van der Waals surface area (Å²) in [5, 5.41) is 9.06. The Balaban J connectivity index is 1.71. The van der Waals surface area contributed by atoms with Crippen LogP contribution in [0.25, 0.3) is 0 Å². The van der Waals surface area contributed by atoms with Crippen LogP contribution in [0.1, 0.15) is 30.9 Å². The summed E-state index contributed by atoms with van der Waals surface area (Å²) in [6.45, 7) is 1.60. The van der Waals surface area contributed by atoms with Crippen molar-refractivity contribution in [3.63, 3.8) is 0 Å². The normalized spacial score (nSPS) is 16.2. The summed E-state index contributed by atoms with van der Waals surface area (Å²) in [7, 11) is 0. The minimum absolute atomic E-state index is 0.00522. The zero-order valence-electron chi connectivity index (χ0n) is 17.5. The number of rotatable bonds is 7. The summed E-state index contributed by atoms with van der Waals surface area (Å²) < 4.78 is 46.0. The van der Waals surface area contributed by atoms with Crippen LogP contribution >= 0.6 is 0 Å². The van der Waals surface area contributed by atoms with Crippen molar-refractivity contribution in [3.8, 4) is 5.75 Å². The number of ether oxygens (including phenoxy) is 1. The van der Waals surface area contributed by atoms with Crippen LogP contribution in [0.15, 0.2) is 42.6 Å². The summed E-state index contributed by atoms with van der Waals surface area (Å²) in [6, 6.07) is 8.06. The molecule has 2 aromatic rings. The van der Waals surface area contributed by atoms with Gasteiger partial charge in [0.05, 0.1) is 18.2 Å². The molecule has 0 bridgehead atoms. The summed E-state index contributed by atoms with van der Waals surface area (Å²) >= 11 is 0. The molecular formula is C22H24F3N3O4. The SMILES string of the molecule is CCC(=O)N(c1ncccc1C(F)(F)F)C1CCN(C(=O)COc2ccc(CO)cc2)C1. The van der Waals surface area contributed by atoms with E-state index in [1.54, 1.807) is 31.2 Å². The van der Waals surface area contributed by atoms with Crippen molar-refractivity contribution in [3.05, 3.63) is 53.7 Å². The van der Waals surface area contributed by atoms with Gasteiger partial charge in [-0.2, -0.15) is 13.2 Å². The average Bonchev–Trinajstić information content (AvgIpc) is 3.27. The number of aliphatic hydroxyl groups is 1. The first-order valence-electron chi connectivity index (χ1n) is 10.2. The first kappa shape index (κ1) is 23.5. The van der Waals surface area contributed by atoms with Gasteiger partial charge in [-0.15, -0.1) is 0 Å². The van der Waals surface area contributed by atoms with Crippen molar-refractivity contribution in [1.29, 1.82) is 0 Å². The second kappa shape index (κ2) is 9.99. The van der Waals surface area contributed by atoms with Gasteiger partial charge in [-0.3, -0.25) is 14.5 Å². The van der Waals surface area contributed by atoms with Crippen molar-refractivity contribution in [2.45, 2.75) is 38.6 Å². The van der Waals surface area contributed by atoms with E-state index in [0.29, 0.717) is 17.7 Å². The number of carbonyl (C=O) groups is 2. The zero-order valence-corrected chi connectivity index (χ0v) is 17.5. The van der Waals surface area contributed by atoms with E-state index in [9.17, 15) is 22.8 Å². The van der Waals surface area contributed by atoms with Crippen LogP contribution in [0, 0.1) is 0 Å². The fourth-order valence-electron chi connectivity index (χ4n) is 3.58. The highest BCUT2D eigenvalue weighted by Crippen LogP contribution is 2.37. The van der Waals surface area contributed by atoms with Gasteiger partial charge in [-0.05, 0) is 36.2 Å². The Bertz CT molecular complexity index is 950. The van der Waals surface area contributed by atoms with Crippen LogP contribution in [0.2, 0.25) is 0 Å². The van der Waals surface area contributed by atoms with E-state index in [0.717, 1.165) is 11.0 Å². The maximum Gasteiger partial charge on any atom is 0.419 e. The lowest BCUT2D eigenvalue weighted by Crippen LogP contribution is -2.44. The fraction of sp³-hybridized carbons (Fsp3) is 0.409. The van der Waals surface area contributed by atoms with Crippen LogP contribution in [0.4, 0.5) is 19.0 Å². The number of nitrogens with zero attached hydrogens (tertiary/aromatic N) is 3. The van der Waals surface area contributed by atoms with Crippen LogP contribution < -0.4 is 9.64 Å². The number of aromatic nitrogens is 1. The Morgan fingerprint density at radius 1 is 1.25 bits per heavy atom. The van der Waals surface area contributed by atoms with Crippen molar-refractivity contribution in [2.75, 3.05) is 24.6 Å². The summed E-state index contributed by atoms with van der Waals surface area (Å²) in [5.74, 6) is -0.808. The molecule has 10 heteroatoms. The molecule has 1 aliphatic rings. The van der Waals surface area contributed by atoms with E-state index in [-0.39, 0.29) is 38.6 Å². The molecular weight excluding hydrogens is 427 g/mol. The van der Waals surface area contributed by atoms with Crippen LogP contribution in [0.5, 0.6) is 5.75 Å². The number of likely N-dealkylation sites (tertiary alicyclic amines) is 1. The van der Waals surface area contributed by atoms with E-state index >= 15 is 0 Å². The van der Waals surface area contributed by atoms with E-state index in [1.165, 1.54) is 17.2 Å². The smallest absolute Gasteiger partial charge is 0.419 e. The number of carbonyl (C=O) groups excluding carboxylic acids is 2. The topological polar surface area (TPSA) is 83.0 Å². The first-order chi connectivity index (χ1) is 15.2. The second-order valence-corrected chi connectivity index (χ2v) is 7.36. The lowest BCUT2D eigenvalue weighted by Gasteiger charge is -2.30. The van der Waals surface area contributed by atoms with Gasteiger partial charge >= 0.3 is 6.18 Å². The quantitative estimate of drug-likeness (QED) is 0.700. The van der Waals surface area contributed by atoms with Crippen LogP contribution in [0.3, 0.4) is 0 Å². The maximum absolute atomic E-state index is 13.5. The lowest BCUT2D eigenvalue weighted by molar-refractivity contribution is -0.137. The predicted octanol–water partition coefficient (Wildman–Crippen LogP) is 3.02. The third-order valence-electron chi connectivity index (χ3n) is 5.24. The van der Waals surface area contributed by atoms with Gasteiger partial charge in [0.2, 0.25) is 5.91 Å². The Kier molecular flexibility index (Phi) is 7.34. The summed E-state index contributed by atoms with van der Waals surface area (Å²) in [6.07, 6.45) is -3.11. The number of anilines is 1. The molecule has 172 valence electrons. The molecule has 1 saturated heterocycles. The molecule has 3 rings (SSSR count). The minimum atomic E-state index is -4.66. The Hall–Kier alpha value is -3.14. The third kappa shape index (κ3) is 5.37. The molecule has 1 aromatic carbocycles. The van der Waals surface area contributed by atoms with E-state index in [1.807, 2.05) is 0 Å². The molecule has 2 heterocycles. The number of alkyl halides is 3. The zero-order chi connectivity index (χ0) is 23.3. The van der Waals surface area contributed by atoms with Crippen molar-refractivity contribution in [2.24, 2.45) is 0 Å². The van der Waals surface area contributed by atoms with E-state index in [2.05, 4.69) is 4.98 Å². The predicted molar refractivity (Wildman–Crippen MR) is 110 cm³/mol. The third-order valence-corrected chi connectivity index (χ3v) is 5.24. The molecule has 1 aromatic heterocycles. The molecule has 0 spiro atoms. The second-order valence-electron chi connectivity index (χ2n) is 7.36. The number of halogens is 3. The Morgan fingerprint density at radius 3 is 2.59 bits per heavy atom. The fourth-order valence-corrected chi connectivity index (χ4v) is 3.58. The highest BCUT2D eigenvalue weighted by Gasteiger charge is 2.40. The largest absolute Gasteiger partial charge is 0.484 e. The Morgan fingerprint density at radius 2 is 1.97 bits per heavy atom. The average molecular weight is 451 g/mol. The number of amides is 2. The first-order valence-corrected chi connectivity index (χ1v) is 10.2. The molecule has 2 amide bonds. The molecule has 7 nitrogen and oxygen atoms in total. The number of pyridine rings is 1. The molecule has 1 unspecified atom stereocenters. The van der Waals surface area contributed by atoms with Gasteiger partial charge in [0, 0.05) is 25.7 Å². The standard InChI is InChI=1S/C22H24F3N3O4/c1-2-19(30)28(21-18(22(23,24)25)4-3-10-26-21)16-9-11-27(12-16)20(31)14-32-17-7-5-15(13-29)6-8-17/h3-8,10,16,29H,2,9,11-14H2,1H3. The van der Waals surface area contributed by atoms with Gasteiger partial charge in [0.1, 0.15) is 11.6 Å². The van der Waals surface area contributed by atoms with Gasteiger partial charge in [-0.25, -0.2) is 4.98 Å². The lowest BCUT2D eigenvalue weighted by atomic mass is 10.1.